The van der Waals surface area contributed by atoms with Crippen LogP contribution in [-0.2, 0) is 0 Å². The van der Waals surface area contributed by atoms with E-state index in [0.717, 1.165) is 35.9 Å². The van der Waals surface area contributed by atoms with Gasteiger partial charge in [-0.25, -0.2) is 13.8 Å². The molecule has 1 aliphatic rings. The van der Waals surface area contributed by atoms with Crippen LogP contribution in [0.2, 0.25) is 5.02 Å². The maximum Gasteiger partial charge on any atom is 0.144 e. The topological polar surface area (TPSA) is 69.7 Å². The van der Waals surface area contributed by atoms with E-state index in [1.165, 1.54) is 6.07 Å². The Morgan fingerprint density at radius 2 is 1.93 bits per heavy atom. The second kappa shape index (κ2) is 7.30. The lowest BCUT2D eigenvalue weighted by atomic mass is 10.0. The van der Waals surface area contributed by atoms with Crippen molar-refractivity contribution < 1.29 is 8.78 Å². The van der Waals surface area contributed by atoms with Crippen LogP contribution in [0.5, 0.6) is 0 Å². The lowest BCUT2D eigenvalue weighted by Gasteiger charge is -2.40. The molecule has 0 atom stereocenters. The van der Waals surface area contributed by atoms with E-state index in [1.54, 1.807) is 12.3 Å². The van der Waals surface area contributed by atoms with Crippen LogP contribution in [0, 0.1) is 11.6 Å². The molecule has 4 heterocycles. The Hall–Kier alpha value is -3.10. The van der Waals surface area contributed by atoms with E-state index in [4.69, 9.17) is 16.6 Å². The molecule has 1 saturated heterocycles. The molecule has 2 N–H and O–H groups in total. The summed E-state index contributed by atoms with van der Waals surface area (Å²) in [6.07, 6.45) is 3.47. The molecule has 152 valence electrons. The second-order valence-electron chi connectivity index (χ2n) is 7.21. The number of fused-ring (bicyclic) bond motifs is 1. The first kappa shape index (κ1) is 18.9. The molecule has 5 rings (SSSR count). The van der Waals surface area contributed by atoms with E-state index < -0.39 is 11.6 Å². The predicted octanol–water partition coefficient (Wildman–Crippen LogP) is 4.03. The third-order valence-corrected chi connectivity index (χ3v) is 5.65. The number of hydrogen-bond donors (Lipinski definition) is 2. The van der Waals surface area contributed by atoms with Gasteiger partial charge in [0.2, 0.25) is 0 Å². The summed E-state index contributed by atoms with van der Waals surface area (Å²) in [6.45, 7) is 1.83. The molecular formula is C21H17ClF2N6. The van der Waals surface area contributed by atoms with Crippen LogP contribution in [-0.4, -0.2) is 46.3 Å². The molecule has 0 spiro atoms. The summed E-state index contributed by atoms with van der Waals surface area (Å²) in [7, 11) is 1.95. The zero-order valence-corrected chi connectivity index (χ0v) is 16.7. The second-order valence-corrected chi connectivity index (χ2v) is 7.62. The van der Waals surface area contributed by atoms with Crippen molar-refractivity contribution in [2.45, 2.75) is 6.04 Å². The van der Waals surface area contributed by atoms with Gasteiger partial charge in [0.1, 0.15) is 17.3 Å². The molecule has 0 saturated carbocycles. The molecule has 0 aliphatic carbocycles. The summed E-state index contributed by atoms with van der Waals surface area (Å²) < 4.78 is 28.0. The van der Waals surface area contributed by atoms with Crippen LogP contribution in [0.1, 0.15) is 0 Å². The lowest BCUT2D eigenvalue weighted by Crippen LogP contribution is -2.57. The number of nitrogens with zero attached hydrogens (tertiary/aromatic N) is 4. The van der Waals surface area contributed by atoms with E-state index in [9.17, 15) is 8.78 Å². The van der Waals surface area contributed by atoms with Gasteiger partial charge in [-0.2, -0.15) is 5.10 Å². The third-order valence-electron chi connectivity index (χ3n) is 5.36. The van der Waals surface area contributed by atoms with E-state index >= 15 is 0 Å². The number of aromatic amines is 1. The average molecular weight is 427 g/mol. The van der Waals surface area contributed by atoms with Crippen LogP contribution in [0.3, 0.4) is 0 Å². The Morgan fingerprint density at radius 1 is 1.10 bits per heavy atom. The van der Waals surface area contributed by atoms with Gasteiger partial charge < -0.3 is 10.2 Å². The maximum atomic E-state index is 14.4. The number of anilines is 1. The van der Waals surface area contributed by atoms with Crippen molar-refractivity contribution in [2.24, 2.45) is 0 Å². The van der Waals surface area contributed by atoms with Gasteiger partial charge in [0.25, 0.3) is 0 Å². The van der Waals surface area contributed by atoms with Crippen molar-refractivity contribution in [1.29, 1.82) is 0 Å². The molecule has 30 heavy (non-hydrogen) atoms. The van der Waals surface area contributed by atoms with E-state index in [0.29, 0.717) is 23.0 Å². The van der Waals surface area contributed by atoms with Crippen LogP contribution >= 0.6 is 11.6 Å². The van der Waals surface area contributed by atoms with Gasteiger partial charge in [-0.05, 0) is 31.3 Å². The summed E-state index contributed by atoms with van der Waals surface area (Å²) in [5.41, 5.74) is 4.08. The summed E-state index contributed by atoms with van der Waals surface area (Å²) >= 11 is 5.85. The molecule has 4 aromatic rings. The minimum absolute atomic E-state index is 0.102. The van der Waals surface area contributed by atoms with E-state index in [2.05, 4.69) is 25.4 Å². The van der Waals surface area contributed by atoms with Crippen molar-refractivity contribution in [3.8, 4) is 22.5 Å². The number of rotatable bonds is 4. The molecular weight excluding hydrogens is 410 g/mol. The molecule has 0 bridgehead atoms. The molecule has 1 aliphatic heterocycles. The Labute approximate surface area is 175 Å². The van der Waals surface area contributed by atoms with Gasteiger partial charge in [0.05, 0.1) is 33.6 Å². The molecule has 6 nitrogen and oxygen atoms in total. The maximum absolute atomic E-state index is 14.4. The van der Waals surface area contributed by atoms with Crippen LogP contribution in [0.4, 0.5) is 14.5 Å². The number of pyridine rings is 2. The van der Waals surface area contributed by atoms with E-state index in [-0.39, 0.29) is 10.6 Å². The largest absolute Gasteiger partial charge is 0.367 e. The lowest BCUT2D eigenvalue weighted by molar-refractivity contribution is 0.450. The molecule has 1 aromatic carbocycles. The zero-order valence-electron chi connectivity index (χ0n) is 16.0. The number of likely N-dealkylation sites (N-methyl/N-ethyl adjacent to an activating group) is 1. The number of H-pyrrole nitrogens is 1. The Morgan fingerprint density at radius 3 is 2.73 bits per heavy atom. The number of aromatic nitrogens is 4. The minimum Gasteiger partial charge on any atom is -0.367 e. The summed E-state index contributed by atoms with van der Waals surface area (Å²) in [4.78, 5) is 11.4. The van der Waals surface area contributed by atoms with Gasteiger partial charge in [-0.3, -0.25) is 10.1 Å². The fraction of sp³-hybridized carbons (Fsp3) is 0.190. The quantitative estimate of drug-likeness (QED) is 0.482. The highest BCUT2D eigenvalue weighted by Crippen LogP contribution is 2.34. The number of benzene rings is 1. The fourth-order valence-electron chi connectivity index (χ4n) is 3.59. The molecule has 0 radical (unpaired) electrons. The standard InChI is InChI=1S/C21H17ClF2N6/c1-25-11-9-30(10-11)12-4-20-19(26-7-12)3-2-18(28-20)14-8-27-29-21(14)13-5-15(22)17(24)6-16(13)23/h2-8,11,25H,9-10H2,1H3,(H,27,29). The van der Waals surface area contributed by atoms with Gasteiger partial charge in [0, 0.05) is 42.5 Å². The Bertz CT molecular complexity index is 1250. The van der Waals surface area contributed by atoms with Crippen molar-refractivity contribution >= 4 is 28.3 Å². The third kappa shape index (κ3) is 3.18. The molecule has 9 heteroatoms. The fourth-order valence-corrected chi connectivity index (χ4v) is 3.75. The van der Waals surface area contributed by atoms with Crippen LogP contribution in [0.15, 0.2) is 42.7 Å². The monoisotopic (exact) mass is 426 g/mol. The normalized spacial score (nSPS) is 14.3. The average Bonchev–Trinajstić information content (AvgIpc) is 3.19. The van der Waals surface area contributed by atoms with Gasteiger partial charge in [-0.1, -0.05) is 11.6 Å². The number of nitrogens with one attached hydrogen (secondary N) is 2. The molecule has 0 amide bonds. The van der Waals surface area contributed by atoms with E-state index in [1.807, 2.05) is 25.4 Å². The van der Waals surface area contributed by atoms with Gasteiger partial charge >= 0.3 is 0 Å². The number of halogens is 3. The van der Waals surface area contributed by atoms with Gasteiger partial charge in [-0.15, -0.1) is 0 Å². The smallest absolute Gasteiger partial charge is 0.144 e. The highest BCUT2D eigenvalue weighted by atomic mass is 35.5. The summed E-state index contributed by atoms with van der Waals surface area (Å²) in [6, 6.07) is 8.12. The minimum atomic E-state index is -0.816. The van der Waals surface area contributed by atoms with Crippen molar-refractivity contribution in [1.82, 2.24) is 25.5 Å². The van der Waals surface area contributed by atoms with Gasteiger partial charge in [0.15, 0.2) is 0 Å². The highest BCUT2D eigenvalue weighted by Gasteiger charge is 2.25. The van der Waals surface area contributed by atoms with Crippen molar-refractivity contribution in [3.63, 3.8) is 0 Å². The highest BCUT2D eigenvalue weighted by molar-refractivity contribution is 6.31. The Balaban J connectivity index is 1.55. The first-order valence-corrected chi connectivity index (χ1v) is 9.79. The SMILES string of the molecule is CNC1CN(c2cnc3ccc(-c4c[nH]nc4-c4cc(Cl)c(F)cc4F)nc3c2)C1. The first-order valence-electron chi connectivity index (χ1n) is 9.41. The van der Waals surface area contributed by atoms with Crippen LogP contribution in [0.25, 0.3) is 33.5 Å². The van der Waals surface area contributed by atoms with Crippen molar-refractivity contribution in [2.75, 3.05) is 25.0 Å². The molecule has 3 aromatic heterocycles. The summed E-state index contributed by atoms with van der Waals surface area (Å²) in [5, 5.41) is 9.96. The number of hydrogen-bond acceptors (Lipinski definition) is 5. The van der Waals surface area contributed by atoms with Crippen LogP contribution < -0.4 is 10.2 Å². The molecule has 1 fully saturated rings. The zero-order chi connectivity index (χ0) is 20.8. The first-order chi connectivity index (χ1) is 14.5. The predicted molar refractivity (Wildman–Crippen MR) is 113 cm³/mol. The Kier molecular flexibility index (Phi) is 4.60. The molecule has 0 unspecified atom stereocenters. The summed E-state index contributed by atoms with van der Waals surface area (Å²) in [5.74, 6) is -1.56. The van der Waals surface area contributed by atoms with Crippen molar-refractivity contribution in [3.05, 3.63) is 59.4 Å².